The van der Waals surface area contributed by atoms with Crippen molar-refractivity contribution in [2.75, 3.05) is 157 Å². The molecule has 512 valence electrons. The van der Waals surface area contributed by atoms with Crippen LogP contribution in [0.1, 0.15) is 112 Å². The summed E-state index contributed by atoms with van der Waals surface area (Å²) < 4.78 is 65.7. The van der Waals surface area contributed by atoms with E-state index in [4.69, 9.17) is 56.8 Å². The fourth-order valence-electron chi connectivity index (χ4n) is 7.97. The van der Waals surface area contributed by atoms with E-state index in [0.717, 1.165) is 23.3 Å². The molecule has 1 aromatic carbocycles. The van der Waals surface area contributed by atoms with Crippen molar-refractivity contribution < 1.29 is 100.0 Å². The van der Waals surface area contributed by atoms with Crippen LogP contribution in [0.2, 0.25) is 0 Å². The molecule has 1 aromatic rings. The van der Waals surface area contributed by atoms with E-state index in [0.29, 0.717) is 137 Å². The van der Waals surface area contributed by atoms with Gasteiger partial charge in [0.05, 0.1) is 125 Å². The summed E-state index contributed by atoms with van der Waals surface area (Å²) in [6.07, 6.45) is 5.00. The molecule has 0 saturated carbocycles. The molecule has 0 radical (unpaired) electrons. The Kier molecular flexibility index (Phi) is 42.9. The Bertz CT molecular complexity index is 2240. The van der Waals surface area contributed by atoms with Gasteiger partial charge in [-0.25, -0.2) is 9.59 Å². The van der Waals surface area contributed by atoms with Gasteiger partial charge >= 0.3 is 18.2 Å². The van der Waals surface area contributed by atoms with Gasteiger partial charge in [-0.1, -0.05) is 32.4 Å². The standard InChI is InChI=1S/C62H103N7O21/c1-9-10-22-63-53(71)45-65-57(75)51(68-52(70)15-13-24-69-55(73)20-21-56(69)74)14-11-12-23-64-54(72)46-87-40-39-85-36-35-83-32-31-81-28-27-79-25-26-80-29-30-82-33-34-84-37-38-86-41-42-88-59(77)66-49-18-16-48(17-19-49)44-50(67-60(78)90-62(6,7)8)43-47(2)58(76)89-61(3,4)5/h16-21,47,50-51H,9-15,22-46H2,1-8H3,(H,63,71)(H,64,72)(H,65,75)(H,66,77)(H,67,78)(H,68,70)/t47-,50+,51-/m0/s1. The number of alkyl carbamates (subject to hydrolysis) is 1. The number of benzene rings is 1. The Balaban J connectivity index is 1.37. The molecular formula is C62H103N7O21. The maximum Gasteiger partial charge on any atom is 0.411 e. The third kappa shape index (κ3) is 43.4. The van der Waals surface area contributed by atoms with E-state index < -0.39 is 65.0 Å². The number of ether oxygens (including phenoxy) is 12. The van der Waals surface area contributed by atoms with Crippen molar-refractivity contribution in [3.8, 4) is 0 Å². The minimum atomic E-state index is -0.932. The average Bonchev–Trinajstić information content (AvgIpc) is 2.21. The summed E-state index contributed by atoms with van der Waals surface area (Å²) in [5, 5.41) is 16.3. The lowest BCUT2D eigenvalue weighted by atomic mass is 9.96. The molecule has 0 unspecified atom stereocenters. The summed E-state index contributed by atoms with van der Waals surface area (Å²) in [6.45, 7) is 21.0. The summed E-state index contributed by atoms with van der Waals surface area (Å²) in [7, 11) is 0. The second kappa shape index (κ2) is 48.4. The summed E-state index contributed by atoms with van der Waals surface area (Å²) in [6, 6.07) is 5.74. The molecule has 0 saturated heterocycles. The van der Waals surface area contributed by atoms with Gasteiger partial charge in [0.15, 0.2) is 0 Å². The number of carbonyl (C=O) groups is 9. The van der Waals surface area contributed by atoms with Gasteiger partial charge in [0.1, 0.15) is 30.5 Å². The number of amides is 8. The van der Waals surface area contributed by atoms with Crippen LogP contribution in [0, 0.1) is 5.92 Å². The molecule has 3 atom stereocenters. The molecule has 1 aliphatic rings. The van der Waals surface area contributed by atoms with Gasteiger partial charge in [0.25, 0.3) is 11.8 Å². The number of nitrogens with one attached hydrogen (secondary N) is 6. The quantitative estimate of drug-likeness (QED) is 0.0234. The molecule has 0 aliphatic carbocycles. The van der Waals surface area contributed by atoms with E-state index in [1.165, 1.54) is 12.2 Å². The molecule has 0 aromatic heterocycles. The second-order valence-corrected chi connectivity index (χ2v) is 22.8. The van der Waals surface area contributed by atoms with Gasteiger partial charge in [-0.15, -0.1) is 0 Å². The van der Waals surface area contributed by atoms with Crippen LogP contribution in [0.3, 0.4) is 0 Å². The molecule has 28 nitrogen and oxygen atoms in total. The van der Waals surface area contributed by atoms with Gasteiger partial charge in [0.2, 0.25) is 23.6 Å². The van der Waals surface area contributed by atoms with Crippen molar-refractivity contribution in [2.24, 2.45) is 5.92 Å². The smallest absolute Gasteiger partial charge is 0.411 e. The van der Waals surface area contributed by atoms with Crippen molar-refractivity contribution in [1.29, 1.82) is 0 Å². The van der Waals surface area contributed by atoms with Gasteiger partial charge in [-0.3, -0.25) is 43.8 Å². The summed E-state index contributed by atoms with van der Waals surface area (Å²) in [5.41, 5.74) is 0.0660. The zero-order chi connectivity index (χ0) is 66.3. The molecular weight excluding hydrogens is 1180 g/mol. The maximum atomic E-state index is 13.0. The average molecular weight is 1280 g/mol. The Morgan fingerprint density at radius 2 is 1.00 bits per heavy atom. The molecule has 8 amide bonds. The van der Waals surface area contributed by atoms with E-state index in [1.807, 2.05) is 19.1 Å². The number of carbonyl (C=O) groups excluding carboxylic acids is 9. The number of imide groups is 1. The largest absolute Gasteiger partial charge is 0.460 e. The van der Waals surface area contributed by atoms with Crippen molar-refractivity contribution in [1.82, 2.24) is 31.5 Å². The first-order valence-corrected chi connectivity index (χ1v) is 31.1. The van der Waals surface area contributed by atoms with Crippen LogP contribution in [-0.2, 0) is 96.8 Å². The molecule has 28 heteroatoms. The molecule has 6 N–H and O–H groups in total. The number of rotatable bonds is 52. The highest BCUT2D eigenvalue weighted by atomic mass is 16.6. The van der Waals surface area contributed by atoms with Crippen LogP contribution in [0.15, 0.2) is 36.4 Å². The van der Waals surface area contributed by atoms with Crippen LogP contribution in [-0.4, -0.2) is 233 Å². The molecule has 0 spiro atoms. The Morgan fingerprint density at radius 3 is 1.50 bits per heavy atom. The minimum absolute atomic E-state index is 0.0231. The van der Waals surface area contributed by atoms with Crippen LogP contribution in [0.5, 0.6) is 0 Å². The predicted octanol–water partition coefficient (Wildman–Crippen LogP) is 3.70. The third-order valence-electron chi connectivity index (χ3n) is 12.4. The number of hydrogen-bond donors (Lipinski definition) is 6. The van der Waals surface area contributed by atoms with Crippen molar-refractivity contribution >= 4 is 59.3 Å². The lowest BCUT2D eigenvalue weighted by Gasteiger charge is -2.27. The van der Waals surface area contributed by atoms with Crippen molar-refractivity contribution in [3.63, 3.8) is 0 Å². The Morgan fingerprint density at radius 1 is 0.522 bits per heavy atom. The van der Waals surface area contributed by atoms with Crippen LogP contribution >= 0.6 is 0 Å². The SMILES string of the molecule is CCCCNC(=O)CNC(=O)[C@H](CCCCNC(=O)COCCOCCOCCOCCOCCOCCOCCOCCOCCOC(=O)Nc1ccc(C[C@@H](C[C@H](C)C(=O)OC(C)(C)C)NC(=O)OC(C)(C)C)cc1)NC(=O)CCCN1C(=O)C=CC1=O. The lowest BCUT2D eigenvalue weighted by Crippen LogP contribution is -2.49. The van der Waals surface area contributed by atoms with E-state index in [2.05, 4.69) is 31.9 Å². The highest BCUT2D eigenvalue weighted by Gasteiger charge is 2.28. The normalized spacial score (nSPS) is 13.3. The molecule has 2 rings (SSSR count). The fourth-order valence-corrected chi connectivity index (χ4v) is 7.97. The lowest BCUT2D eigenvalue weighted by molar-refractivity contribution is -0.159. The molecule has 1 aliphatic heterocycles. The van der Waals surface area contributed by atoms with Gasteiger partial charge in [-0.05, 0) is 104 Å². The predicted molar refractivity (Wildman–Crippen MR) is 330 cm³/mol. The number of esters is 1. The zero-order valence-electron chi connectivity index (χ0n) is 54.3. The number of nitrogens with zero attached hydrogens (tertiary/aromatic N) is 1. The monoisotopic (exact) mass is 1280 g/mol. The molecule has 0 fully saturated rings. The topological polar surface area (TPSA) is 340 Å². The molecule has 1 heterocycles. The number of anilines is 1. The minimum Gasteiger partial charge on any atom is -0.460 e. The first kappa shape index (κ1) is 79.7. The highest BCUT2D eigenvalue weighted by Crippen LogP contribution is 2.20. The fraction of sp³-hybridized carbons (Fsp3) is 0.726. The van der Waals surface area contributed by atoms with Gasteiger partial charge < -0.3 is 83.4 Å². The van der Waals surface area contributed by atoms with Crippen molar-refractivity contribution in [2.45, 2.75) is 136 Å². The van der Waals surface area contributed by atoms with Gasteiger partial charge in [-0.2, -0.15) is 0 Å². The zero-order valence-corrected chi connectivity index (χ0v) is 54.3. The summed E-state index contributed by atoms with van der Waals surface area (Å²) in [5.74, 6) is -3.33. The van der Waals surface area contributed by atoms with E-state index in [-0.39, 0.29) is 83.2 Å². The number of unbranched alkanes of at least 4 members (excludes halogenated alkanes) is 2. The van der Waals surface area contributed by atoms with Gasteiger partial charge in [0, 0.05) is 49.9 Å². The van der Waals surface area contributed by atoms with E-state index in [9.17, 15) is 43.2 Å². The van der Waals surface area contributed by atoms with Crippen LogP contribution in [0.25, 0.3) is 0 Å². The summed E-state index contributed by atoms with van der Waals surface area (Å²) in [4.78, 5) is 112. The van der Waals surface area contributed by atoms with Crippen molar-refractivity contribution in [3.05, 3.63) is 42.0 Å². The van der Waals surface area contributed by atoms with Crippen LogP contribution < -0.4 is 31.9 Å². The second-order valence-electron chi connectivity index (χ2n) is 22.8. The first-order chi connectivity index (χ1) is 43.0. The first-order valence-electron chi connectivity index (χ1n) is 31.1. The van der Waals surface area contributed by atoms with E-state index in [1.54, 1.807) is 60.6 Å². The summed E-state index contributed by atoms with van der Waals surface area (Å²) >= 11 is 0. The molecule has 0 bridgehead atoms. The Hall–Kier alpha value is -6.37. The Labute approximate surface area is 530 Å². The third-order valence-corrected chi connectivity index (χ3v) is 12.4. The van der Waals surface area contributed by atoms with Crippen LogP contribution in [0.4, 0.5) is 15.3 Å². The van der Waals surface area contributed by atoms with E-state index >= 15 is 0 Å². The molecule has 90 heavy (non-hydrogen) atoms. The maximum absolute atomic E-state index is 13.0. The number of hydrogen-bond acceptors (Lipinski definition) is 21. The highest BCUT2D eigenvalue weighted by molar-refractivity contribution is 6.12.